The van der Waals surface area contributed by atoms with Crippen molar-refractivity contribution < 1.29 is 9.50 Å². The molecule has 4 nitrogen and oxygen atoms in total. The maximum Gasteiger partial charge on any atom is 0.208 e. The zero-order chi connectivity index (χ0) is 12.5. The van der Waals surface area contributed by atoms with Gasteiger partial charge in [-0.1, -0.05) is 23.5 Å². The van der Waals surface area contributed by atoms with Crippen LogP contribution in [0.1, 0.15) is 10.6 Å². The number of nitrogens with zero attached hydrogens (tertiary/aromatic N) is 3. The molecular formula is C12H12FN3OS. The van der Waals surface area contributed by atoms with Crippen LogP contribution in [0.4, 0.5) is 9.52 Å². The van der Waals surface area contributed by atoms with Crippen LogP contribution in [0.2, 0.25) is 0 Å². The summed E-state index contributed by atoms with van der Waals surface area (Å²) in [6.07, 6.45) is 0.420. The molecular weight excluding hydrogens is 253 g/mol. The topological polar surface area (TPSA) is 49.2 Å². The second-order valence-electron chi connectivity index (χ2n) is 4.34. The molecule has 1 aliphatic heterocycles. The number of halogens is 1. The lowest BCUT2D eigenvalue weighted by atomic mass is 10.2. The van der Waals surface area contributed by atoms with E-state index in [4.69, 9.17) is 0 Å². The Bertz CT molecular complexity index is 537. The van der Waals surface area contributed by atoms with Gasteiger partial charge in [0.15, 0.2) is 0 Å². The largest absolute Gasteiger partial charge is 0.389 e. The van der Waals surface area contributed by atoms with E-state index in [1.54, 1.807) is 12.1 Å². The van der Waals surface area contributed by atoms with Crippen LogP contribution in [0.15, 0.2) is 24.3 Å². The van der Waals surface area contributed by atoms with Gasteiger partial charge in [0.2, 0.25) is 5.13 Å². The van der Waals surface area contributed by atoms with Crippen molar-refractivity contribution in [1.29, 1.82) is 0 Å². The monoisotopic (exact) mass is 265 g/mol. The van der Waals surface area contributed by atoms with Gasteiger partial charge in [-0.05, 0) is 17.7 Å². The highest BCUT2D eigenvalue weighted by molar-refractivity contribution is 7.15. The third-order valence-corrected chi connectivity index (χ3v) is 3.84. The lowest BCUT2D eigenvalue weighted by Crippen LogP contribution is -2.50. The van der Waals surface area contributed by atoms with Gasteiger partial charge in [-0.25, -0.2) is 4.39 Å². The first-order chi connectivity index (χ1) is 8.70. The number of benzene rings is 1. The molecule has 2 aromatic rings. The SMILES string of the molecule is OC1CN(c2nnc(Cc3ccc(F)cc3)s2)C1. The predicted molar refractivity (Wildman–Crippen MR) is 67.3 cm³/mol. The molecule has 0 atom stereocenters. The minimum absolute atomic E-state index is 0.230. The van der Waals surface area contributed by atoms with Crippen LogP contribution in [0.5, 0.6) is 0 Å². The molecule has 3 rings (SSSR count). The Labute approximate surface area is 108 Å². The van der Waals surface area contributed by atoms with Crippen LogP contribution in [0, 0.1) is 5.82 Å². The van der Waals surface area contributed by atoms with Crippen LogP contribution in [-0.4, -0.2) is 34.5 Å². The predicted octanol–water partition coefficient (Wildman–Crippen LogP) is 1.45. The molecule has 1 N–H and O–H groups in total. The van der Waals surface area contributed by atoms with Crippen molar-refractivity contribution in [2.24, 2.45) is 0 Å². The lowest BCUT2D eigenvalue weighted by Gasteiger charge is -2.34. The normalized spacial score (nSPS) is 15.8. The molecule has 0 radical (unpaired) electrons. The fourth-order valence-electron chi connectivity index (χ4n) is 1.83. The van der Waals surface area contributed by atoms with Gasteiger partial charge < -0.3 is 10.0 Å². The zero-order valence-electron chi connectivity index (χ0n) is 9.58. The molecule has 0 amide bonds. The molecule has 0 spiro atoms. The third kappa shape index (κ3) is 2.34. The molecule has 0 unspecified atom stereocenters. The Kier molecular flexibility index (Phi) is 2.97. The quantitative estimate of drug-likeness (QED) is 0.912. The smallest absolute Gasteiger partial charge is 0.208 e. The van der Waals surface area contributed by atoms with E-state index in [2.05, 4.69) is 10.2 Å². The van der Waals surface area contributed by atoms with E-state index in [9.17, 15) is 9.50 Å². The molecule has 1 aromatic heterocycles. The Morgan fingerprint density at radius 1 is 1.28 bits per heavy atom. The van der Waals surface area contributed by atoms with Crippen molar-refractivity contribution in [3.8, 4) is 0 Å². The average Bonchev–Trinajstić information content (AvgIpc) is 2.76. The number of aliphatic hydroxyl groups excluding tert-OH is 1. The van der Waals surface area contributed by atoms with Crippen molar-refractivity contribution >= 4 is 16.5 Å². The van der Waals surface area contributed by atoms with Gasteiger partial charge in [0.05, 0.1) is 6.10 Å². The maximum absolute atomic E-state index is 12.8. The second kappa shape index (κ2) is 4.62. The summed E-state index contributed by atoms with van der Waals surface area (Å²) in [5.74, 6) is -0.230. The van der Waals surface area contributed by atoms with Crippen molar-refractivity contribution in [1.82, 2.24) is 10.2 Å². The Morgan fingerprint density at radius 2 is 2.00 bits per heavy atom. The third-order valence-electron chi connectivity index (χ3n) is 2.86. The molecule has 18 heavy (non-hydrogen) atoms. The minimum atomic E-state index is -0.241. The number of aromatic nitrogens is 2. The molecule has 6 heteroatoms. The molecule has 1 fully saturated rings. The van der Waals surface area contributed by atoms with Crippen LogP contribution in [-0.2, 0) is 6.42 Å². The summed E-state index contributed by atoms with van der Waals surface area (Å²) in [4.78, 5) is 2.00. The van der Waals surface area contributed by atoms with Gasteiger partial charge >= 0.3 is 0 Å². The van der Waals surface area contributed by atoms with Gasteiger partial charge in [0, 0.05) is 19.5 Å². The number of aliphatic hydroxyl groups is 1. The summed E-state index contributed by atoms with van der Waals surface area (Å²) in [5.41, 5.74) is 1.02. The first kappa shape index (κ1) is 11.6. The summed E-state index contributed by atoms with van der Waals surface area (Å²) < 4.78 is 12.8. The van der Waals surface area contributed by atoms with Gasteiger partial charge in [-0.2, -0.15) is 0 Å². The Morgan fingerprint density at radius 3 is 2.67 bits per heavy atom. The summed E-state index contributed by atoms with van der Waals surface area (Å²) in [6.45, 7) is 1.26. The van der Waals surface area contributed by atoms with E-state index in [0.717, 1.165) is 15.7 Å². The van der Waals surface area contributed by atoms with E-state index in [1.807, 2.05) is 4.90 Å². The highest BCUT2D eigenvalue weighted by atomic mass is 32.1. The lowest BCUT2D eigenvalue weighted by molar-refractivity contribution is 0.141. The summed E-state index contributed by atoms with van der Waals surface area (Å²) in [5, 5.41) is 19.2. The van der Waals surface area contributed by atoms with E-state index in [1.165, 1.54) is 23.5 Å². The van der Waals surface area contributed by atoms with Gasteiger partial charge in [-0.3, -0.25) is 0 Å². The minimum Gasteiger partial charge on any atom is -0.389 e. The molecule has 0 aliphatic carbocycles. The second-order valence-corrected chi connectivity index (χ2v) is 5.38. The molecule has 0 saturated carbocycles. The highest BCUT2D eigenvalue weighted by Gasteiger charge is 2.27. The fourth-order valence-corrected chi connectivity index (χ4v) is 2.72. The van der Waals surface area contributed by atoms with Gasteiger partial charge in [0.25, 0.3) is 0 Å². The van der Waals surface area contributed by atoms with Crippen LogP contribution in [0.25, 0.3) is 0 Å². The molecule has 0 bridgehead atoms. The maximum atomic E-state index is 12.8. The number of β-amino-alcohol motifs (C(OH)–C–C–N with tert-alkyl or cyclic N) is 1. The molecule has 1 saturated heterocycles. The van der Waals surface area contributed by atoms with E-state index >= 15 is 0 Å². The first-order valence-corrected chi connectivity index (χ1v) is 6.52. The van der Waals surface area contributed by atoms with Gasteiger partial charge in [-0.15, -0.1) is 10.2 Å². The summed E-state index contributed by atoms with van der Waals surface area (Å²) in [6, 6.07) is 6.40. The first-order valence-electron chi connectivity index (χ1n) is 5.70. The number of rotatable bonds is 3. The van der Waals surface area contributed by atoms with Crippen LogP contribution >= 0.6 is 11.3 Å². The summed E-state index contributed by atoms with van der Waals surface area (Å²) >= 11 is 1.52. The number of anilines is 1. The van der Waals surface area contributed by atoms with Crippen molar-refractivity contribution in [3.63, 3.8) is 0 Å². The van der Waals surface area contributed by atoms with Crippen molar-refractivity contribution in [2.45, 2.75) is 12.5 Å². The van der Waals surface area contributed by atoms with Crippen molar-refractivity contribution in [3.05, 3.63) is 40.7 Å². The standard InChI is InChI=1S/C12H12FN3OS/c13-9-3-1-8(2-4-9)5-11-14-15-12(18-11)16-6-10(17)7-16/h1-4,10,17H,5-7H2. The number of hydrogen-bond acceptors (Lipinski definition) is 5. The van der Waals surface area contributed by atoms with Crippen LogP contribution in [0.3, 0.4) is 0 Å². The van der Waals surface area contributed by atoms with Crippen molar-refractivity contribution in [2.75, 3.05) is 18.0 Å². The Hall–Kier alpha value is -1.53. The van der Waals surface area contributed by atoms with Gasteiger partial charge in [0.1, 0.15) is 10.8 Å². The molecule has 2 heterocycles. The average molecular weight is 265 g/mol. The van der Waals surface area contributed by atoms with E-state index < -0.39 is 0 Å². The zero-order valence-corrected chi connectivity index (χ0v) is 10.4. The van der Waals surface area contributed by atoms with Crippen LogP contribution < -0.4 is 4.90 Å². The van der Waals surface area contributed by atoms with E-state index in [0.29, 0.717) is 19.5 Å². The molecule has 1 aromatic carbocycles. The number of hydrogen-bond donors (Lipinski definition) is 1. The van der Waals surface area contributed by atoms with E-state index in [-0.39, 0.29) is 11.9 Å². The molecule has 1 aliphatic rings. The fraction of sp³-hybridized carbons (Fsp3) is 0.333. The molecule has 94 valence electrons. The summed E-state index contributed by atoms with van der Waals surface area (Å²) in [7, 11) is 0. The highest BCUT2D eigenvalue weighted by Crippen LogP contribution is 2.26. The Balaban J connectivity index is 1.68.